The summed E-state index contributed by atoms with van der Waals surface area (Å²) in [5.41, 5.74) is 1.11. The summed E-state index contributed by atoms with van der Waals surface area (Å²) >= 11 is 0. The lowest BCUT2D eigenvalue weighted by molar-refractivity contribution is 0.358. The van der Waals surface area contributed by atoms with Crippen LogP contribution in [-0.2, 0) is 0 Å². The summed E-state index contributed by atoms with van der Waals surface area (Å²) in [6, 6.07) is 10.5. The maximum atomic E-state index is 5.46. The molecule has 0 unspecified atom stereocenters. The molecular weight excluding hydrogens is 262 g/mol. The Labute approximate surface area is 120 Å². The van der Waals surface area contributed by atoms with Crippen molar-refractivity contribution in [3.63, 3.8) is 0 Å². The first kappa shape index (κ1) is 15.4. The van der Waals surface area contributed by atoms with Crippen LogP contribution in [0.2, 0.25) is 0 Å². The van der Waals surface area contributed by atoms with Crippen LogP contribution in [0.5, 0.6) is 11.5 Å². The van der Waals surface area contributed by atoms with E-state index in [1.807, 2.05) is 18.2 Å². The third-order valence-corrected chi connectivity index (χ3v) is 2.84. The highest BCUT2D eigenvalue weighted by molar-refractivity contribution is 5.99. The SMILES string of the molecule is COc1ccc2c(NC(C)C)cccc2c1OC.Cl. The highest BCUT2D eigenvalue weighted by Crippen LogP contribution is 2.38. The molecule has 0 amide bonds. The molecule has 0 aliphatic rings. The second kappa shape index (κ2) is 6.53. The number of benzene rings is 2. The number of hydrogen-bond acceptors (Lipinski definition) is 3. The van der Waals surface area contributed by atoms with Crippen molar-refractivity contribution in [3.05, 3.63) is 30.3 Å². The molecule has 19 heavy (non-hydrogen) atoms. The van der Waals surface area contributed by atoms with Crippen LogP contribution in [0.4, 0.5) is 5.69 Å². The van der Waals surface area contributed by atoms with E-state index in [-0.39, 0.29) is 12.4 Å². The molecule has 2 rings (SSSR count). The maximum absolute atomic E-state index is 5.46. The molecule has 2 aromatic rings. The Balaban J connectivity index is 0.00000180. The molecule has 1 N–H and O–H groups in total. The molecule has 0 spiro atoms. The molecule has 0 aliphatic carbocycles. The Morgan fingerprint density at radius 3 is 2.26 bits per heavy atom. The Kier molecular flexibility index (Phi) is 5.31. The molecule has 4 heteroatoms. The van der Waals surface area contributed by atoms with E-state index >= 15 is 0 Å². The fraction of sp³-hybridized carbons (Fsp3) is 0.333. The van der Waals surface area contributed by atoms with Crippen LogP contribution in [0.25, 0.3) is 10.8 Å². The number of ether oxygens (including phenoxy) is 2. The number of nitrogens with one attached hydrogen (secondary N) is 1. The third-order valence-electron chi connectivity index (χ3n) is 2.84. The van der Waals surface area contributed by atoms with Gasteiger partial charge in [-0.2, -0.15) is 0 Å². The van der Waals surface area contributed by atoms with Gasteiger partial charge in [-0.3, -0.25) is 0 Å². The lowest BCUT2D eigenvalue weighted by atomic mass is 10.1. The first-order valence-corrected chi connectivity index (χ1v) is 6.07. The Hall–Kier alpha value is -1.61. The van der Waals surface area contributed by atoms with Crippen LogP contribution in [0.1, 0.15) is 13.8 Å². The van der Waals surface area contributed by atoms with Crippen LogP contribution >= 0.6 is 12.4 Å². The molecular formula is C15H20ClNO2. The quantitative estimate of drug-likeness (QED) is 0.915. The molecule has 0 fully saturated rings. The Morgan fingerprint density at radius 2 is 1.68 bits per heavy atom. The van der Waals surface area contributed by atoms with E-state index in [2.05, 4.69) is 31.3 Å². The van der Waals surface area contributed by atoms with Gasteiger partial charge in [0.2, 0.25) is 0 Å². The first-order valence-electron chi connectivity index (χ1n) is 6.07. The van der Waals surface area contributed by atoms with Crippen LogP contribution < -0.4 is 14.8 Å². The highest BCUT2D eigenvalue weighted by Gasteiger charge is 2.11. The first-order chi connectivity index (χ1) is 8.67. The number of halogens is 1. The summed E-state index contributed by atoms with van der Waals surface area (Å²) in [6.07, 6.45) is 0. The van der Waals surface area contributed by atoms with E-state index in [4.69, 9.17) is 9.47 Å². The van der Waals surface area contributed by atoms with Gasteiger partial charge < -0.3 is 14.8 Å². The minimum absolute atomic E-state index is 0. The van der Waals surface area contributed by atoms with Crippen molar-refractivity contribution in [2.24, 2.45) is 0 Å². The predicted molar refractivity (Wildman–Crippen MR) is 83.1 cm³/mol. The van der Waals surface area contributed by atoms with E-state index in [0.717, 1.165) is 28.0 Å². The van der Waals surface area contributed by atoms with Gasteiger partial charge in [-0.1, -0.05) is 12.1 Å². The van der Waals surface area contributed by atoms with Crippen LogP contribution in [-0.4, -0.2) is 20.3 Å². The van der Waals surface area contributed by atoms with E-state index in [0.29, 0.717) is 6.04 Å². The summed E-state index contributed by atoms with van der Waals surface area (Å²) < 4.78 is 10.8. The molecule has 0 aromatic heterocycles. The van der Waals surface area contributed by atoms with Crippen LogP contribution in [0, 0.1) is 0 Å². The van der Waals surface area contributed by atoms with Gasteiger partial charge >= 0.3 is 0 Å². The van der Waals surface area contributed by atoms with Gasteiger partial charge in [0.15, 0.2) is 11.5 Å². The topological polar surface area (TPSA) is 30.5 Å². The maximum Gasteiger partial charge on any atom is 0.168 e. The van der Waals surface area contributed by atoms with Gasteiger partial charge in [0.1, 0.15) is 0 Å². The van der Waals surface area contributed by atoms with Gasteiger partial charge in [-0.15, -0.1) is 12.4 Å². The zero-order valence-corrected chi connectivity index (χ0v) is 12.5. The molecule has 0 radical (unpaired) electrons. The predicted octanol–water partition coefficient (Wildman–Crippen LogP) is 4.10. The minimum atomic E-state index is 0. The van der Waals surface area contributed by atoms with E-state index in [9.17, 15) is 0 Å². The second-order valence-electron chi connectivity index (χ2n) is 4.50. The standard InChI is InChI=1S/C15H19NO2.ClH/c1-10(2)16-13-7-5-6-12-11(13)8-9-14(17-3)15(12)18-4;/h5-10,16H,1-4H3;1H. The molecule has 0 bridgehead atoms. The van der Waals surface area contributed by atoms with E-state index in [1.165, 1.54) is 0 Å². The number of anilines is 1. The zero-order valence-electron chi connectivity index (χ0n) is 11.7. The minimum Gasteiger partial charge on any atom is -0.493 e. The molecule has 0 atom stereocenters. The lowest BCUT2D eigenvalue weighted by Gasteiger charge is -2.15. The smallest absolute Gasteiger partial charge is 0.168 e. The van der Waals surface area contributed by atoms with Crippen molar-refractivity contribution in [2.75, 3.05) is 19.5 Å². The fourth-order valence-corrected chi connectivity index (χ4v) is 2.12. The average Bonchev–Trinajstić information content (AvgIpc) is 2.37. The van der Waals surface area contributed by atoms with Crippen molar-refractivity contribution in [2.45, 2.75) is 19.9 Å². The van der Waals surface area contributed by atoms with Crippen molar-refractivity contribution < 1.29 is 9.47 Å². The summed E-state index contributed by atoms with van der Waals surface area (Å²) in [5.74, 6) is 1.54. The molecule has 3 nitrogen and oxygen atoms in total. The summed E-state index contributed by atoms with van der Waals surface area (Å²) in [4.78, 5) is 0. The van der Waals surface area contributed by atoms with Gasteiger partial charge in [0.05, 0.1) is 14.2 Å². The van der Waals surface area contributed by atoms with Gasteiger partial charge in [-0.05, 0) is 32.0 Å². The fourth-order valence-electron chi connectivity index (χ4n) is 2.12. The Bertz CT molecular complexity index is 555. The summed E-state index contributed by atoms with van der Waals surface area (Å²) in [5, 5.41) is 5.64. The highest BCUT2D eigenvalue weighted by atomic mass is 35.5. The molecule has 2 aromatic carbocycles. The second-order valence-corrected chi connectivity index (χ2v) is 4.50. The normalized spacial score (nSPS) is 10.2. The van der Waals surface area contributed by atoms with Crippen LogP contribution in [0.3, 0.4) is 0 Å². The third kappa shape index (κ3) is 3.04. The molecule has 0 aliphatic heterocycles. The number of fused-ring (bicyclic) bond motifs is 1. The van der Waals surface area contributed by atoms with Crippen molar-refractivity contribution in [1.29, 1.82) is 0 Å². The van der Waals surface area contributed by atoms with E-state index < -0.39 is 0 Å². The monoisotopic (exact) mass is 281 g/mol. The molecule has 0 saturated heterocycles. The van der Waals surface area contributed by atoms with Gasteiger partial charge in [-0.25, -0.2) is 0 Å². The number of methoxy groups -OCH3 is 2. The van der Waals surface area contributed by atoms with E-state index in [1.54, 1.807) is 14.2 Å². The number of rotatable bonds is 4. The molecule has 0 saturated carbocycles. The Morgan fingerprint density at radius 1 is 0.947 bits per heavy atom. The summed E-state index contributed by atoms with van der Waals surface area (Å²) in [7, 11) is 3.32. The van der Waals surface area contributed by atoms with Crippen molar-refractivity contribution in [1.82, 2.24) is 0 Å². The zero-order chi connectivity index (χ0) is 13.1. The number of hydrogen-bond donors (Lipinski definition) is 1. The average molecular weight is 282 g/mol. The van der Waals surface area contributed by atoms with Gasteiger partial charge in [0.25, 0.3) is 0 Å². The lowest BCUT2D eigenvalue weighted by Crippen LogP contribution is -2.09. The summed E-state index contributed by atoms with van der Waals surface area (Å²) in [6.45, 7) is 4.25. The largest absolute Gasteiger partial charge is 0.493 e. The van der Waals surface area contributed by atoms with Gasteiger partial charge in [0, 0.05) is 22.5 Å². The van der Waals surface area contributed by atoms with Crippen molar-refractivity contribution in [3.8, 4) is 11.5 Å². The van der Waals surface area contributed by atoms with Crippen molar-refractivity contribution >= 4 is 28.9 Å². The molecule has 104 valence electrons. The molecule has 0 heterocycles. The van der Waals surface area contributed by atoms with Crippen LogP contribution in [0.15, 0.2) is 30.3 Å².